The third-order valence-corrected chi connectivity index (χ3v) is 3.12. The Hall–Kier alpha value is -0.770. The maximum Gasteiger partial charge on any atom is 0.205 e. The van der Waals surface area contributed by atoms with Crippen molar-refractivity contribution in [1.29, 1.82) is 0 Å². The van der Waals surface area contributed by atoms with E-state index in [-0.39, 0.29) is 0 Å². The van der Waals surface area contributed by atoms with E-state index in [2.05, 4.69) is 22.7 Å². The summed E-state index contributed by atoms with van der Waals surface area (Å²) in [5.74, 6) is 7.73. The van der Waals surface area contributed by atoms with Crippen LogP contribution in [0.4, 0.5) is 0 Å². The quantitative estimate of drug-likeness (QED) is 0.285. The molecular formula is C11H24N4. The number of hydrazine groups is 1. The van der Waals surface area contributed by atoms with Crippen molar-refractivity contribution >= 4 is 5.96 Å². The van der Waals surface area contributed by atoms with Crippen LogP contribution in [-0.2, 0) is 0 Å². The Morgan fingerprint density at radius 3 is 2.53 bits per heavy atom. The monoisotopic (exact) mass is 212 g/mol. The first-order valence-electron chi connectivity index (χ1n) is 6.01. The summed E-state index contributed by atoms with van der Waals surface area (Å²) in [6.07, 6.45) is 5.34. The Kier molecular flexibility index (Phi) is 5.47. The van der Waals surface area contributed by atoms with Crippen LogP contribution in [0.5, 0.6) is 0 Å². The molecule has 0 aliphatic heterocycles. The molecule has 1 aliphatic rings. The highest BCUT2D eigenvalue weighted by Crippen LogP contribution is 2.28. The summed E-state index contributed by atoms with van der Waals surface area (Å²) in [7, 11) is 0. The zero-order chi connectivity index (χ0) is 11.1. The Labute approximate surface area is 92.7 Å². The predicted molar refractivity (Wildman–Crippen MR) is 64.4 cm³/mol. The molecule has 4 N–H and O–H groups in total. The molecule has 0 heterocycles. The number of guanidine groups is 1. The SMILES string of the molecule is CCNC(=NCC1CCC(C)CC1)NN. The van der Waals surface area contributed by atoms with Gasteiger partial charge in [0.2, 0.25) is 5.96 Å². The van der Waals surface area contributed by atoms with Gasteiger partial charge in [-0.05, 0) is 31.6 Å². The first-order valence-corrected chi connectivity index (χ1v) is 6.01. The molecule has 4 nitrogen and oxygen atoms in total. The van der Waals surface area contributed by atoms with Crippen molar-refractivity contribution in [3.63, 3.8) is 0 Å². The minimum atomic E-state index is 0.719. The van der Waals surface area contributed by atoms with Crippen LogP contribution in [-0.4, -0.2) is 19.0 Å². The number of rotatable bonds is 3. The van der Waals surface area contributed by atoms with Gasteiger partial charge < -0.3 is 5.32 Å². The van der Waals surface area contributed by atoms with E-state index in [1.165, 1.54) is 25.7 Å². The molecule has 4 heteroatoms. The van der Waals surface area contributed by atoms with Gasteiger partial charge in [0.1, 0.15) is 0 Å². The standard InChI is InChI=1S/C11H24N4/c1-3-13-11(15-12)14-8-10-6-4-9(2)5-7-10/h9-10H,3-8,12H2,1-2H3,(H2,13,14,15). The normalized spacial score (nSPS) is 27.5. The van der Waals surface area contributed by atoms with Gasteiger partial charge >= 0.3 is 0 Å². The van der Waals surface area contributed by atoms with Crippen LogP contribution in [0.2, 0.25) is 0 Å². The fourth-order valence-corrected chi connectivity index (χ4v) is 2.05. The lowest BCUT2D eigenvalue weighted by molar-refractivity contribution is 0.296. The molecule has 1 aliphatic carbocycles. The minimum absolute atomic E-state index is 0.719. The predicted octanol–water partition coefficient (Wildman–Crippen LogP) is 1.24. The van der Waals surface area contributed by atoms with E-state index >= 15 is 0 Å². The Balaban J connectivity index is 2.28. The zero-order valence-electron chi connectivity index (χ0n) is 9.92. The van der Waals surface area contributed by atoms with Gasteiger partial charge in [-0.3, -0.25) is 10.4 Å². The second-order valence-electron chi connectivity index (χ2n) is 4.49. The van der Waals surface area contributed by atoms with Crippen molar-refractivity contribution in [1.82, 2.24) is 10.7 Å². The van der Waals surface area contributed by atoms with Gasteiger partial charge in [-0.2, -0.15) is 0 Å². The third-order valence-electron chi connectivity index (χ3n) is 3.12. The lowest BCUT2D eigenvalue weighted by Gasteiger charge is -2.24. The van der Waals surface area contributed by atoms with Crippen LogP contribution in [0.25, 0.3) is 0 Å². The van der Waals surface area contributed by atoms with Crippen molar-refractivity contribution in [3.05, 3.63) is 0 Å². The largest absolute Gasteiger partial charge is 0.356 e. The number of nitrogens with two attached hydrogens (primary N) is 1. The van der Waals surface area contributed by atoms with Crippen LogP contribution in [0.3, 0.4) is 0 Å². The maximum atomic E-state index is 5.35. The smallest absolute Gasteiger partial charge is 0.205 e. The number of aliphatic imine (C=N–C) groups is 1. The topological polar surface area (TPSA) is 62.4 Å². The first kappa shape index (κ1) is 12.3. The molecule has 15 heavy (non-hydrogen) atoms. The summed E-state index contributed by atoms with van der Waals surface area (Å²) in [6, 6.07) is 0. The fourth-order valence-electron chi connectivity index (χ4n) is 2.05. The highest BCUT2D eigenvalue weighted by atomic mass is 15.3. The lowest BCUT2D eigenvalue weighted by Crippen LogP contribution is -2.41. The Morgan fingerprint density at radius 1 is 1.33 bits per heavy atom. The summed E-state index contributed by atoms with van der Waals surface area (Å²) in [6.45, 7) is 6.13. The average molecular weight is 212 g/mol. The molecule has 0 saturated heterocycles. The van der Waals surface area contributed by atoms with E-state index < -0.39 is 0 Å². The van der Waals surface area contributed by atoms with Gasteiger partial charge in [-0.25, -0.2) is 5.84 Å². The van der Waals surface area contributed by atoms with Crippen LogP contribution < -0.4 is 16.6 Å². The van der Waals surface area contributed by atoms with E-state index in [0.29, 0.717) is 0 Å². The molecule has 0 bridgehead atoms. The minimum Gasteiger partial charge on any atom is -0.356 e. The molecule has 0 aromatic carbocycles. The molecule has 0 atom stereocenters. The molecule has 0 spiro atoms. The van der Waals surface area contributed by atoms with Gasteiger partial charge in [0.15, 0.2) is 0 Å². The molecule has 1 rings (SSSR count). The highest BCUT2D eigenvalue weighted by Gasteiger charge is 2.17. The summed E-state index contributed by atoms with van der Waals surface area (Å²) < 4.78 is 0. The molecule has 0 amide bonds. The van der Waals surface area contributed by atoms with Gasteiger partial charge in [-0.1, -0.05) is 19.8 Å². The van der Waals surface area contributed by atoms with E-state index in [9.17, 15) is 0 Å². The highest BCUT2D eigenvalue weighted by molar-refractivity contribution is 5.79. The number of nitrogens with zero attached hydrogens (tertiary/aromatic N) is 1. The zero-order valence-corrected chi connectivity index (χ0v) is 9.92. The Bertz CT molecular complexity index is 195. The third kappa shape index (κ3) is 4.51. The van der Waals surface area contributed by atoms with Gasteiger partial charge in [0.25, 0.3) is 0 Å². The second-order valence-corrected chi connectivity index (χ2v) is 4.49. The van der Waals surface area contributed by atoms with Crippen molar-refractivity contribution in [2.24, 2.45) is 22.7 Å². The van der Waals surface area contributed by atoms with E-state index in [1.807, 2.05) is 6.92 Å². The van der Waals surface area contributed by atoms with Gasteiger partial charge in [-0.15, -0.1) is 0 Å². The number of nitrogens with one attached hydrogen (secondary N) is 2. The number of hydrogen-bond donors (Lipinski definition) is 3. The van der Waals surface area contributed by atoms with Gasteiger partial charge in [0.05, 0.1) is 0 Å². The van der Waals surface area contributed by atoms with Crippen LogP contribution in [0, 0.1) is 11.8 Å². The van der Waals surface area contributed by atoms with Crippen LogP contribution in [0.15, 0.2) is 4.99 Å². The van der Waals surface area contributed by atoms with Crippen LogP contribution >= 0.6 is 0 Å². The summed E-state index contributed by atoms with van der Waals surface area (Å²) in [5, 5.41) is 3.09. The molecule has 88 valence electrons. The molecule has 0 radical (unpaired) electrons. The molecule has 1 fully saturated rings. The van der Waals surface area contributed by atoms with E-state index in [0.717, 1.165) is 30.9 Å². The van der Waals surface area contributed by atoms with Gasteiger partial charge in [0, 0.05) is 13.1 Å². The van der Waals surface area contributed by atoms with Crippen molar-refractivity contribution in [3.8, 4) is 0 Å². The summed E-state index contributed by atoms with van der Waals surface area (Å²) >= 11 is 0. The van der Waals surface area contributed by atoms with Crippen molar-refractivity contribution < 1.29 is 0 Å². The summed E-state index contributed by atoms with van der Waals surface area (Å²) in [5.41, 5.74) is 2.59. The molecule has 1 saturated carbocycles. The van der Waals surface area contributed by atoms with Crippen LogP contribution in [0.1, 0.15) is 39.5 Å². The van der Waals surface area contributed by atoms with E-state index in [4.69, 9.17) is 5.84 Å². The fraction of sp³-hybridized carbons (Fsp3) is 0.909. The number of hydrogen-bond acceptors (Lipinski definition) is 2. The second kappa shape index (κ2) is 6.67. The maximum absolute atomic E-state index is 5.35. The average Bonchev–Trinajstić information content (AvgIpc) is 2.26. The molecule has 0 aromatic heterocycles. The molecule has 0 aromatic rings. The van der Waals surface area contributed by atoms with Crippen molar-refractivity contribution in [2.75, 3.05) is 13.1 Å². The lowest BCUT2D eigenvalue weighted by atomic mass is 9.83. The molecular weight excluding hydrogens is 188 g/mol. The first-order chi connectivity index (χ1) is 7.26. The Morgan fingerprint density at radius 2 is 2.00 bits per heavy atom. The summed E-state index contributed by atoms with van der Waals surface area (Å²) in [4.78, 5) is 4.45. The van der Waals surface area contributed by atoms with Crippen molar-refractivity contribution in [2.45, 2.75) is 39.5 Å². The molecule has 0 unspecified atom stereocenters. The van der Waals surface area contributed by atoms with E-state index in [1.54, 1.807) is 0 Å².